The molecule has 1 unspecified atom stereocenters. The summed E-state index contributed by atoms with van der Waals surface area (Å²) in [6, 6.07) is 0. The molecular weight excluding hydrogens is 276 g/mol. The van der Waals surface area contributed by atoms with Crippen LogP contribution in [0.4, 0.5) is 0 Å². The van der Waals surface area contributed by atoms with Crippen LogP contribution in [-0.4, -0.2) is 22.8 Å². The highest BCUT2D eigenvalue weighted by molar-refractivity contribution is 5.69. The fourth-order valence-corrected chi connectivity index (χ4v) is 2.58. The summed E-state index contributed by atoms with van der Waals surface area (Å²) in [7, 11) is 0. The van der Waals surface area contributed by atoms with E-state index in [4.69, 9.17) is 10.2 Å². The van der Waals surface area contributed by atoms with Crippen molar-refractivity contribution in [1.82, 2.24) is 0 Å². The molecule has 3 heteroatoms. The summed E-state index contributed by atoms with van der Waals surface area (Å²) in [4.78, 5) is 10.7. The Kier molecular flexibility index (Phi) is 15.9. The summed E-state index contributed by atoms with van der Waals surface area (Å²) >= 11 is 0. The molecule has 0 amide bonds. The summed E-state index contributed by atoms with van der Waals surface area (Å²) in [5.41, 5.74) is 0. The topological polar surface area (TPSA) is 57.5 Å². The van der Waals surface area contributed by atoms with Crippen molar-refractivity contribution in [3.63, 3.8) is 0 Å². The molecule has 130 valence electrons. The van der Waals surface area contributed by atoms with Crippen LogP contribution in [0.3, 0.4) is 0 Å². The van der Waals surface area contributed by atoms with E-state index in [0.717, 1.165) is 25.7 Å². The average Bonchev–Trinajstić information content (AvgIpc) is 2.51. The highest BCUT2D eigenvalue weighted by Crippen LogP contribution is 2.12. The summed E-state index contributed by atoms with van der Waals surface area (Å²) in [5, 5.41) is 17.7. The van der Waals surface area contributed by atoms with Crippen molar-refractivity contribution in [2.45, 2.75) is 90.4 Å². The lowest BCUT2D eigenvalue weighted by atomic mass is 10.0. The third-order valence-corrected chi connectivity index (χ3v) is 4.13. The van der Waals surface area contributed by atoms with Crippen LogP contribution >= 0.6 is 0 Å². The number of aliphatic hydroxyl groups excluding tert-OH is 1. The first-order chi connectivity index (χ1) is 10.7. The molecule has 0 saturated carbocycles. The van der Waals surface area contributed by atoms with E-state index in [1.807, 2.05) is 0 Å². The zero-order chi connectivity index (χ0) is 16.5. The predicted molar refractivity (Wildman–Crippen MR) is 93.0 cm³/mol. The molecule has 1 atom stereocenters. The maximum atomic E-state index is 10.7. The Bertz CT molecular complexity index is 274. The van der Waals surface area contributed by atoms with Crippen LogP contribution in [0.2, 0.25) is 0 Å². The molecule has 0 aromatic rings. The summed E-state index contributed by atoms with van der Waals surface area (Å²) in [6.45, 7) is 2.01. The average molecular weight is 312 g/mol. The maximum Gasteiger partial charge on any atom is 0.308 e. The van der Waals surface area contributed by atoms with Crippen molar-refractivity contribution in [3.05, 3.63) is 12.2 Å². The Morgan fingerprint density at radius 3 is 1.86 bits per heavy atom. The Morgan fingerprint density at radius 2 is 1.36 bits per heavy atom. The molecule has 0 spiro atoms. The second kappa shape index (κ2) is 16.5. The minimum Gasteiger partial charge on any atom is -0.481 e. The Hall–Kier alpha value is -0.830. The van der Waals surface area contributed by atoms with Crippen LogP contribution in [0.1, 0.15) is 90.4 Å². The van der Waals surface area contributed by atoms with Gasteiger partial charge in [-0.15, -0.1) is 0 Å². The number of allylic oxidation sites excluding steroid dienone is 2. The number of aliphatic carboxylic acids is 1. The van der Waals surface area contributed by atoms with E-state index in [9.17, 15) is 4.79 Å². The first kappa shape index (κ1) is 21.2. The van der Waals surface area contributed by atoms with Crippen molar-refractivity contribution in [1.29, 1.82) is 0 Å². The lowest BCUT2D eigenvalue weighted by Crippen LogP contribution is -2.17. The van der Waals surface area contributed by atoms with E-state index in [0.29, 0.717) is 6.42 Å². The molecule has 22 heavy (non-hydrogen) atoms. The molecule has 0 rings (SSSR count). The second-order valence-corrected chi connectivity index (χ2v) is 6.24. The van der Waals surface area contributed by atoms with Crippen LogP contribution in [0.5, 0.6) is 0 Å². The summed E-state index contributed by atoms with van der Waals surface area (Å²) < 4.78 is 0. The highest BCUT2D eigenvalue weighted by atomic mass is 16.4. The standard InChI is InChI=1S/C19H36O3/c1-2-3-4-5-6-7-8-9-10-11-12-13-14-15-16-18(17-20)19(21)22/h9-10,18,20H,2-8,11-17H2,1H3,(H,21,22)/b10-9-. The molecule has 0 radical (unpaired) electrons. The number of carboxylic acid groups (broad SMARTS) is 1. The molecule has 0 fully saturated rings. The van der Waals surface area contributed by atoms with Gasteiger partial charge < -0.3 is 10.2 Å². The minimum atomic E-state index is -0.875. The SMILES string of the molecule is CCCCCCCC/C=C\CCCCCCC(CO)C(=O)O. The summed E-state index contributed by atoms with van der Waals surface area (Å²) in [6.07, 6.45) is 20.0. The molecular formula is C19H36O3. The van der Waals surface area contributed by atoms with Gasteiger partial charge >= 0.3 is 5.97 Å². The molecule has 0 aliphatic carbocycles. The van der Waals surface area contributed by atoms with Gasteiger partial charge in [-0.25, -0.2) is 0 Å². The van der Waals surface area contributed by atoms with E-state index >= 15 is 0 Å². The summed E-state index contributed by atoms with van der Waals surface area (Å²) in [5.74, 6) is -1.45. The van der Waals surface area contributed by atoms with Gasteiger partial charge in [-0.3, -0.25) is 4.79 Å². The molecule has 0 aromatic carbocycles. The van der Waals surface area contributed by atoms with Crippen LogP contribution in [0.25, 0.3) is 0 Å². The molecule has 2 N–H and O–H groups in total. The van der Waals surface area contributed by atoms with Crippen molar-refractivity contribution in [2.75, 3.05) is 6.61 Å². The van der Waals surface area contributed by atoms with Gasteiger partial charge in [0, 0.05) is 0 Å². The third-order valence-electron chi connectivity index (χ3n) is 4.13. The molecule has 0 aliphatic rings. The number of carbonyl (C=O) groups is 1. The lowest BCUT2D eigenvalue weighted by Gasteiger charge is -2.07. The van der Waals surface area contributed by atoms with Crippen molar-refractivity contribution >= 4 is 5.97 Å². The van der Waals surface area contributed by atoms with E-state index in [-0.39, 0.29) is 6.61 Å². The number of aliphatic hydroxyl groups is 1. The maximum absolute atomic E-state index is 10.7. The number of unbranched alkanes of at least 4 members (excludes halogenated alkanes) is 10. The van der Waals surface area contributed by atoms with Gasteiger partial charge in [0.05, 0.1) is 12.5 Å². The third kappa shape index (κ3) is 14.1. The second-order valence-electron chi connectivity index (χ2n) is 6.24. The van der Waals surface area contributed by atoms with Gasteiger partial charge in [-0.2, -0.15) is 0 Å². The zero-order valence-corrected chi connectivity index (χ0v) is 14.4. The minimum absolute atomic E-state index is 0.240. The first-order valence-corrected chi connectivity index (χ1v) is 9.21. The number of hydrogen-bond acceptors (Lipinski definition) is 2. The van der Waals surface area contributed by atoms with Crippen LogP contribution in [-0.2, 0) is 4.79 Å². The molecule has 3 nitrogen and oxygen atoms in total. The van der Waals surface area contributed by atoms with Gasteiger partial charge in [0.15, 0.2) is 0 Å². The van der Waals surface area contributed by atoms with Gasteiger partial charge in [-0.1, -0.05) is 70.4 Å². The fourth-order valence-electron chi connectivity index (χ4n) is 2.58. The molecule has 0 aromatic heterocycles. The molecule has 0 bridgehead atoms. The number of carboxylic acids is 1. The lowest BCUT2D eigenvalue weighted by molar-refractivity contribution is -0.143. The normalized spacial score (nSPS) is 12.8. The smallest absolute Gasteiger partial charge is 0.308 e. The Balaban J connectivity index is 3.25. The quantitative estimate of drug-likeness (QED) is 0.299. The van der Waals surface area contributed by atoms with E-state index in [2.05, 4.69) is 19.1 Å². The van der Waals surface area contributed by atoms with Gasteiger partial charge in [0.1, 0.15) is 0 Å². The first-order valence-electron chi connectivity index (χ1n) is 9.21. The van der Waals surface area contributed by atoms with Gasteiger partial charge in [-0.05, 0) is 32.1 Å². The molecule has 0 aliphatic heterocycles. The monoisotopic (exact) mass is 312 g/mol. The molecule has 0 heterocycles. The van der Waals surface area contributed by atoms with Crippen LogP contribution in [0, 0.1) is 5.92 Å². The number of rotatable bonds is 16. The zero-order valence-electron chi connectivity index (χ0n) is 14.4. The van der Waals surface area contributed by atoms with Gasteiger partial charge in [0.25, 0.3) is 0 Å². The predicted octanol–water partition coefficient (Wildman–Crippen LogP) is 5.33. The Morgan fingerprint density at radius 1 is 0.864 bits per heavy atom. The Labute approximate surface area is 136 Å². The molecule has 0 saturated heterocycles. The van der Waals surface area contributed by atoms with Gasteiger partial charge in [0.2, 0.25) is 0 Å². The van der Waals surface area contributed by atoms with Crippen molar-refractivity contribution < 1.29 is 15.0 Å². The fraction of sp³-hybridized carbons (Fsp3) is 0.842. The van der Waals surface area contributed by atoms with Crippen LogP contribution in [0.15, 0.2) is 12.2 Å². The largest absolute Gasteiger partial charge is 0.481 e. The van der Waals surface area contributed by atoms with E-state index in [1.165, 1.54) is 51.4 Å². The van der Waals surface area contributed by atoms with Crippen molar-refractivity contribution in [2.24, 2.45) is 5.92 Å². The van der Waals surface area contributed by atoms with E-state index < -0.39 is 11.9 Å². The van der Waals surface area contributed by atoms with Crippen LogP contribution < -0.4 is 0 Å². The van der Waals surface area contributed by atoms with Crippen molar-refractivity contribution in [3.8, 4) is 0 Å². The van der Waals surface area contributed by atoms with E-state index in [1.54, 1.807) is 0 Å². The number of hydrogen-bond donors (Lipinski definition) is 2. The highest BCUT2D eigenvalue weighted by Gasteiger charge is 2.14.